The number of carboxylic acid groups (broad SMARTS) is 1. The molecule has 0 radical (unpaired) electrons. The van der Waals surface area contributed by atoms with Crippen molar-refractivity contribution in [3.63, 3.8) is 0 Å². The van der Waals surface area contributed by atoms with Gasteiger partial charge in [0.25, 0.3) is 0 Å². The quantitative estimate of drug-likeness (QED) is 0.478. The second-order valence-corrected chi connectivity index (χ2v) is 6.95. The standard InChI is InChI=1S/C22H23N3O6/c26-19(24-11-20(27)25-12-21(28)29)9-10-23-22(30)31-13-18-16-7-3-1-5-14(16)15-6-2-4-8-17(15)18/h1-8,18H,9-13H2,(H,23,30)(H,24,26)(H,25,27)(H,28,29). The molecular formula is C22H23N3O6. The number of rotatable bonds is 9. The maximum atomic E-state index is 12.0. The molecule has 0 bridgehead atoms. The number of ether oxygens (including phenoxy) is 1. The third kappa shape index (κ3) is 5.81. The molecule has 31 heavy (non-hydrogen) atoms. The Balaban J connectivity index is 1.40. The van der Waals surface area contributed by atoms with Gasteiger partial charge in [-0.05, 0) is 22.3 Å². The molecule has 0 spiro atoms. The zero-order valence-corrected chi connectivity index (χ0v) is 16.7. The average Bonchev–Trinajstić information content (AvgIpc) is 3.08. The first-order chi connectivity index (χ1) is 15.0. The highest BCUT2D eigenvalue weighted by atomic mass is 16.5. The first-order valence-corrected chi connectivity index (χ1v) is 9.79. The van der Waals surface area contributed by atoms with Gasteiger partial charge in [0.15, 0.2) is 0 Å². The molecule has 0 saturated carbocycles. The van der Waals surface area contributed by atoms with Crippen LogP contribution in [0.1, 0.15) is 23.5 Å². The minimum absolute atomic E-state index is 0.0409. The summed E-state index contributed by atoms with van der Waals surface area (Å²) in [4.78, 5) is 45.4. The van der Waals surface area contributed by atoms with E-state index in [2.05, 4.69) is 28.1 Å². The van der Waals surface area contributed by atoms with E-state index >= 15 is 0 Å². The molecule has 4 N–H and O–H groups in total. The fraction of sp³-hybridized carbons (Fsp3) is 0.273. The minimum atomic E-state index is -1.17. The molecule has 162 valence electrons. The number of amides is 3. The van der Waals surface area contributed by atoms with E-state index in [0.717, 1.165) is 22.3 Å². The van der Waals surface area contributed by atoms with E-state index in [9.17, 15) is 19.2 Å². The summed E-state index contributed by atoms with van der Waals surface area (Å²) >= 11 is 0. The van der Waals surface area contributed by atoms with Gasteiger partial charge in [0.05, 0.1) is 6.54 Å². The maximum Gasteiger partial charge on any atom is 0.407 e. The number of carbonyl (C=O) groups is 4. The summed E-state index contributed by atoms with van der Waals surface area (Å²) < 4.78 is 5.37. The summed E-state index contributed by atoms with van der Waals surface area (Å²) in [5, 5.41) is 15.4. The Morgan fingerprint density at radius 2 is 1.39 bits per heavy atom. The van der Waals surface area contributed by atoms with Crippen molar-refractivity contribution in [3.8, 4) is 11.1 Å². The molecule has 2 aromatic rings. The van der Waals surface area contributed by atoms with E-state index in [-0.39, 0.29) is 32.0 Å². The van der Waals surface area contributed by atoms with Gasteiger partial charge in [0, 0.05) is 18.9 Å². The van der Waals surface area contributed by atoms with Gasteiger partial charge in [-0.25, -0.2) is 4.79 Å². The molecule has 0 aromatic heterocycles. The maximum absolute atomic E-state index is 12.0. The Morgan fingerprint density at radius 3 is 2.00 bits per heavy atom. The lowest BCUT2D eigenvalue weighted by Gasteiger charge is -2.14. The van der Waals surface area contributed by atoms with Gasteiger partial charge in [0.2, 0.25) is 11.8 Å². The summed E-state index contributed by atoms with van der Waals surface area (Å²) in [5.41, 5.74) is 4.49. The SMILES string of the molecule is O=C(O)CNC(=O)CNC(=O)CCNC(=O)OCC1c2ccccc2-c2ccccc21. The zero-order valence-electron chi connectivity index (χ0n) is 16.7. The average molecular weight is 425 g/mol. The van der Waals surface area contributed by atoms with Crippen molar-refractivity contribution >= 4 is 23.9 Å². The number of benzene rings is 2. The number of alkyl carbamates (subject to hydrolysis) is 1. The molecule has 2 aromatic carbocycles. The Labute approximate surface area is 178 Å². The molecule has 3 rings (SSSR count). The largest absolute Gasteiger partial charge is 0.480 e. The number of fused-ring (bicyclic) bond motifs is 3. The van der Waals surface area contributed by atoms with Crippen molar-refractivity contribution in [1.82, 2.24) is 16.0 Å². The first-order valence-electron chi connectivity index (χ1n) is 9.79. The highest BCUT2D eigenvalue weighted by Gasteiger charge is 2.28. The van der Waals surface area contributed by atoms with Crippen LogP contribution in [-0.2, 0) is 19.1 Å². The number of hydrogen-bond acceptors (Lipinski definition) is 5. The predicted octanol–water partition coefficient (Wildman–Crippen LogP) is 1.23. The Kier molecular flexibility index (Phi) is 7.21. The van der Waals surface area contributed by atoms with E-state index in [0.29, 0.717) is 0 Å². The molecule has 3 amide bonds. The lowest BCUT2D eigenvalue weighted by Crippen LogP contribution is -2.40. The third-order valence-electron chi connectivity index (χ3n) is 4.85. The second kappa shape index (κ2) is 10.2. The first kappa shape index (κ1) is 21.8. The molecule has 9 nitrogen and oxygen atoms in total. The lowest BCUT2D eigenvalue weighted by molar-refractivity contribution is -0.137. The van der Waals surface area contributed by atoms with Gasteiger partial charge >= 0.3 is 12.1 Å². The van der Waals surface area contributed by atoms with E-state index < -0.39 is 30.4 Å². The van der Waals surface area contributed by atoms with E-state index in [1.165, 1.54) is 0 Å². The van der Waals surface area contributed by atoms with Crippen molar-refractivity contribution in [3.05, 3.63) is 59.7 Å². The Hall–Kier alpha value is -3.88. The highest BCUT2D eigenvalue weighted by Crippen LogP contribution is 2.44. The number of nitrogens with one attached hydrogen (secondary N) is 3. The van der Waals surface area contributed by atoms with Gasteiger partial charge < -0.3 is 25.8 Å². The molecule has 0 aliphatic heterocycles. The molecule has 0 saturated heterocycles. The molecule has 9 heteroatoms. The second-order valence-electron chi connectivity index (χ2n) is 6.95. The Morgan fingerprint density at radius 1 is 0.806 bits per heavy atom. The predicted molar refractivity (Wildman–Crippen MR) is 111 cm³/mol. The van der Waals surface area contributed by atoms with Crippen molar-refractivity contribution in [1.29, 1.82) is 0 Å². The van der Waals surface area contributed by atoms with Crippen LogP contribution in [0, 0.1) is 0 Å². The molecule has 0 heterocycles. The highest BCUT2D eigenvalue weighted by molar-refractivity contribution is 5.86. The number of hydrogen-bond donors (Lipinski definition) is 4. The topological polar surface area (TPSA) is 134 Å². The van der Waals surface area contributed by atoms with Gasteiger partial charge in [-0.1, -0.05) is 48.5 Å². The van der Waals surface area contributed by atoms with Crippen LogP contribution in [-0.4, -0.2) is 55.2 Å². The van der Waals surface area contributed by atoms with Crippen molar-refractivity contribution in [2.24, 2.45) is 0 Å². The normalized spacial score (nSPS) is 11.7. The molecule has 0 unspecified atom stereocenters. The lowest BCUT2D eigenvalue weighted by atomic mass is 9.98. The zero-order chi connectivity index (χ0) is 22.2. The van der Waals surface area contributed by atoms with Crippen LogP contribution in [0.4, 0.5) is 4.79 Å². The van der Waals surface area contributed by atoms with Crippen LogP contribution in [0.2, 0.25) is 0 Å². The van der Waals surface area contributed by atoms with E-state index in [1.54, 1.807) is 0 Å². The van der Waals surface area contributed by atoms with Gasteiger partial charge in [-0.2, -0.15) is 0 Å². The molecule has 1 aliphatic carbocycles. The Bertz CT molecular complexity index is 945. The van der Waals surface area contributed by atoms with Crippen LogP contribution in [0.25, 0.3) is 11.1 Å². The van der Waals surface area contributed by atoms with E-state index in [4.69, 9.17) is 9.84 Å². The van der Waals surface area contributed by atoms with Crippen LogP contribution in [0.5, 0.6) is 0 Å². The minimum Gasteiger partial charge on any atom is -0.480 e. The van der Waals surface area contributed by atoms with Crippen molar-refractivity contribution in [2.45, 2.75) is 12.3 Å². The summed E-state index contributed by atoms with van der Waals surface area (Å²) in [6.07, 6.45) is -0.676. The van der Waals surface area contributed by atoms with Gasteiger partial charge in [-0.3, -0.25) is 14.4 Å². The molecule has 0 fully saturated rings. The van der Waals surface area contributed by atoms with Crippen LogP contribution in [0.15, 0.2) is 48.5 Å². The van der Waals surface area contributed by atoms with Crippen LogP contribution in [0.3, 0.4) is 0 Å². The smallest absolute Gasteiger partial charge is 0.407 e. The van der Waals surface area contributed by atoms with Gasteiger partial charge in [0.1, 0.15) is 13.2 Å². The summed E-state index contributed by atoms with van der Waals surface area (Å²) in [7, 11) is 0. The monoisotopic (exact) mass is 425 g/mol. The molecule has 1 aliphatic rings. The van der Waals surface area contributed by atoms with Crippen molar-refractivity contribution in [2.75, 3.05) is 26.2 Å². The number of carboxylic acids is 1. The van der Waals surface area contributed by atoms with E-state index in [1.807, 2.05) is 36.4 Å². The summed E-state index contributed by atoms with van der Waals surface area (Å²) in [6.45, 7) is -0.635. The fourth-order valence-electron chi connectivity index (χ4n) is 3.43. The molecule has 0 atom stereocenters. The number of aliphatic carboxylic acids is 1. The van der Waals surface area contributed by atoms with Crippen molar-refractivity contribution < 1.29 is 29.0 Å². The third-order valence-corrected chi connectivity index (χ3v) is 4.85. The summed E-state index contributed by atoms with van der Waals surface area (Å²) in [5.74, 6) is -2.29. The number of carbonyl (C=O) groups excluding carboxylic acids is 3. The fourth-order valence-corrected chi connectivity index (χ4v) is 3.43. The van der Waals surface area contributed by atoms with Crippen LogP contribution >= 0.6 is 0 Å². The van der Waals surface area contributed by atoms with Gasteiger partial charge in [-0.15, -0.1) is 0 Å². The summed E-state index contributed by atoms with van der Waals surface area (Å²) in [6, 6.07) is 16.0. The molecular weight excluding hydrogens is 402 g/mol. The van der Waals surface area contributed by atoms with Crippen LogP contribution < -0.4 is 16.0 Å².